The maximum Gasteiger partial charge on any atom is 0.128 e. The van der Waals surface area contributed by atoms with Crippen molar-refractivity contribution >= 4 is 11.6 Å². The minimum atomic E-state index is 0.717. The Morgan fingerprint density at radius 2 is 2.00 bits per heavy atom. The Kier molecular flexibility index (Phi) is 3.55. The first-order valence-electron chi connectivity index (χ1n) is 6.81. The number of aromatic nitrogens is 4. The van der Waals surface area contributed by atoms with Crippen LogP contribution in [-0.4, -0.2) is 19.1 Å². The van der Waals surface area contributed by atoms with Crippen molar-refractivity contribution in [2.75, 3.05) is 0 Å². The first-order chi connectivity index (χ1) is 10.1. The normalized spacial score (nSPS) is 11.0. The van der Waals surface area contributed by atoms with Crippen molar-refractivity contribution < 1.29 is 0 Å². The minimum absolute atomic E-state index is 0.717. The summed E-state index contributed by atoms with van der Waals surface area (Å²) in [6, 6.07) is 6.04. The van der Waals surface area contributed by atoms with Gasteiger partial charge in [-0.2, -0.15) is 0 Å². The zero-order chi connectivity index (χ0) is 15.0. The van der Waals surface area contributed by atoms with E-state index in [9.17, 15) is 0 Å². The summed E-state index contributed by atoms with van der Waals surface area (Å²) in [5, 5.41) is 0.787. The molecule has 0 spiro atoms. The van der Waals surface area contributed by atoms with Crippen LogP contribution in [0.2, 0.25) is 5.02 Å². The highest BCUT2D eigenvalue weighted by atomic mass is 35.5. The SMILES string of the molecule is Cc1cc(-c2cnc(Cn3ccnc3C)n2C)ccc1Cl. The summed E-state index contributed by atoms with van der Waals surface area (Å²) in [5.41, 5.74) is 3.28. The van der Waals surface area contributed by atoms with Crippen LogP contribution in [0.3, 0.4) is 0 Å². The highest BCUT2D eigenvalue weighted by Gasteiger charge is 2.10. The summed E-state index contributed by atoms with van der Waals surface area (Å²) in [6.07, 6.45) is 5.68. The molecule has 3 aromatic rings. The van der Waals surface area contributed by atoms with Crippen molar-refractivity contribution in [3.05, 3.63) is 59.0 Å². The van der Waals surface area contributed by atoms with E-state index in [2.05, 4.69) is 25.2 Å². The number of imidazole rings is 2. The molecule has 108 valence electrons. The van der Waals surface area contributed by atoms with Gasteiger partial charge in [0.1, 0.15) is 11.6 Å². The van der Waals surface area contributed by atoms with Gasteiger partial charge >= 0.3 is 0 Å². The molecule has 1 aromatic carbocycles. The van der Waals surface area contributed by atoms with E-state index in [0.717, 1.165) is 40.0 Å². The fraction of sp³-hybridized carbons (Fsp3) is 0.250. The molecule has 0 N–H and O–H groups in total. The predicted octanol–water partition coefficient (Wildman–Crippen LogP) is 3.60. The number of halogens is 1. The van der Waals surface area contributed by atoms with Crippen LogP contribution in [0, 0.1) is 13.8 Å². The van der Waals surface area contributed by atoms with Gasteiger partial charge in [-0.1, -0.05) is 17.7 Å². The van der Waals surface area contributed by atoms with E-state index >= 15 is 0 Å². The van der Waals surface area contributed by atoms with E-state index in [0.29, 0.717) is 0 Å². The quantitative estimate of drug-likeness (QED) is 0.741. The Morgan fingerprint density at radius 1 is 1.19 bits per heavy atom. The standard InChI is InChI=1S/C16H17ClN4/c1-11-8-13(4-5-14(11)17)15-9-19-16(20(15)3)10-21-7-6-18-12(21)2/h4-9H,10H2,1-3H3. The molecule has 0 amide bonds. The van der Waals surface area contributed by atoms with Gasteiger partial charge < -0.3 is 9.13 Å². The molecule has 5 heteroatoms. The first kappa shape index (κ1) is 13.9. The van der Waals surface area contributed by atoms with E-state index < -0.39 is 0 Å². The van der Waals surface area contributed by atoms with Crippen LogP contribution < -0.4 is 0 Å². The molecular weight excluding hydrogens is 284 g/mol. The van der Waals surface area contributed by atoms with Crippen LogP contribution in [0.1, 0.15) is 17.2 Å². The molecule has 3 rings (SSSR count). The highest BCUT2D eigenvalue weighted by Crippen LogP contribution is 2.25. The van der Waals surface area contributed by atoms with Crippen molar-refractivity contribution in [1.82, 2.24) is 19.1 Å². The van der Waals surface area contributed by atoms with Crippen molar-refractivity contribution in [3.8, 4) is 11.3 Å². The van der Waals surface area contributed by atoms with Crippen LogP contribution in [-0.2, 0) is 13.6 Å². The van der Waals surface area contributed by atoms with Gasteiger partial charge in [0.05, 0.1) is 18.4 Å². The largest absolute Gasteiger partial charge is 0.330 e. The molecule has 21 heavy (non-hydrogen) atoms. The lowest BCUT2D eigenvalue weighted by atomic mass is 10.1. The lowest BCUT2D eigenvalue weighted by molar-refractivity contribution is 0.683. The summed E-state index contributed by atoms with van der Waals surface area (Å²) < 4.78 is 4.20. The van der Waals surface area contributed by atoms with E-state index in [1.165, 1.54) is 0 Å². The smallest absolute Gasteiger partial charge is 0.128 e. The van der Waals surface area contributed by atoms with E-state index in [1.807, 2.05) is 51.6 Å². The Hall–Kier alpha value is -2.07. The molecule has 0 fully saturated rings. The molecule has 0 aliphatic carbocycles. The molecular formula is C16H17ClN4. The van der Waals surface area contributed by atoms with Crippen LogP contribution in [0.15, 0.2) is 36.8 Å². The zero-order valence-corrected chi connectivity index (χ0v) is 13.1. The minimum Gasteiger partial charge on any atom is -0.330 e. The number of aryl methyl sites for hydroxylation is 2. The number of benzene rings is 1. The summed E-state index contributed by atoms with van der Waals surface area (Å²) >= 11 is 6.09. The third kappa shape index (κ3) is 2.59. The second-order valence-electron chi connectivity index (χ2n) is 5.19. The Morgan fingerprint density at radius 3 is 2.67 bits per heavy atom. The molecule has 2 heterocycles. The van der Waals surface area contributed by atoms with Crippen molar-refractivity contribution in [1.29, 1.82) is 0 Å². The van der Waals surface area contributed by atoms with Crippen molar-refractivity contribution in [2.24, 2.45) is 7.05 Å². The Balaban J connectivity index is 1.95. The fourth-order valence-corrected chi connectivity index (χ4v) is 2.51. The highest BCUT2D eigenvalue weighted by molar-refractivity contribution is 6.31. The van der Waals surface area contributed by atoms with Crippen molar-refractivity contribution in [2.45, 2.75) is 20.4 Å². The molecule has 0 saturated heterocycles. The van der Waals surface area contributed by atoms with Gasteiger partial charge in [-0.05, 0) is 31.5 Å². The molecule has 0 unspecified atom stereocenters. The Bertz CT molecular complexity index is 785. The molecule has 0 radical (unpaired) electrons. The summed E-state index contributed by atoms with van der Waals surface area (Å²) in [6.45, 7) is 4.72. The van der Waals surface area contributed by atoms with Gasteiger partial charge in [-0.3, -0.25) is 0 Å². The summed E-state index contributed by atoms with van der Waals surface area (Å²) in [5.74, 6) is 1.99. The predicted molar refractivity (Wildman–Crippen MR) is 84.5 cm³/mol. The number of rotatable bonds is 3. The first-order valence-corrected chi connectivity index (χ1v) is 7.19. The van der Waals surface area contributed by atoms with Gasteiger partial charge in [0.15, 0.2) is 0 Å². The number of hydrogen-bond donors (Lipinski definition) is 0. The molecule has 0 saturated carbocycles. The molecule has 0 atom stereocenters. The van der Waals surface area contributed by atoms with Gasteiger partial charge in [0, 0.05) is 30.0 Å². The second-order valence-corrected chi connectivity index (χ2v) is 5.59. The van der Waals surface area contributed by atoms with Crippen LogP contribution >= 0.6 is 11.6 Å². The molecule has 0 aliphatic rings. The zero-order valence-electron chi connectivity index (χ0n) is 12.3. The van der Waals surface area contributed by atoms with E-state index in [1.54, 1.807) is 0 Å². The second kappa shape index (κ2) is 5.37. The maximum absolute atomic E-state index is 6.09. The van der Waals surface area contributed by atoms with Crippen LogP contribution in [0.4, 0.5) is 0 Å². The third-order valence-electron chi connectivity index (χ3n) is 3.77. The van der Waals surface area contributed by atoms with Crippen molar-refractivity contribution in [3.63, 3.8) is 0 Å². The average molecular weight is 301 g/mol. The topological polar surface area (TPSA) is 35.6 Å². The third-order valence-corrected chi connectivity index (χ3v) is 4.20. The Labute approximate surface area is 129 Å². The van der Waals surface area contributed by atoms with Gasteiger partial charge in [0.2, 0.25) is 0 Å². The molecule has 2 aromatic heterocycles. The molecule has 0 bridgehead atoms. The lowest BCUT2D eigenvalue weighted by Crippen LogP contribution is -2.07. The van der Waals surface area contributed by atoms with E-state index in [4.69, 9.17) is 11.6 Å². The van der Waals surface area contributed by atoms with Gasteiger partial charge in [-0.25, -0.2) is 9.97 Å². The summed E-state index contributed by atoms with van der Waals surface area (Å²) in [4.78, 5) is 8.78. The van der Waals surface area contributed by atoms with Gasteiger partial charge in [0.25, 0.3) is 0 Å². The number of nitrogens with zero attached hydrogens (tertiary/aromatic N) is 4. The van der Waals surface area contributed by atoms with Crippen LogP contribution in [0.25, 0.3) is 11.3 Å². The number of hydrogen-bond acceptors (Lipinski definition) is 2. The van der Waals surface area contributed by atoms with Gasteiger partial charge in [-0.15, -0.1) is 0 Å². The average Bonchev–Trinajstić information content (AvgIpc) is 3.02. The molecule has 4 nitrogen and oxygen atoms in total. The van der Waals surface area contributed by atoms with Crippen LogP contribution in [0.5, 0.6) is 0 Å². The maximum atomic E-state index is 6.09. The fourth-order valence-electron chi connectivity index (χ4n) is 2.39. The lowest BCUT2D eigenvalue weighted by Gasteiger charge is -2.09. The molecule has 0 aliphatic heterocycles. The van der Waals surface area contributed by atoms with E-state index in [-0.39, 0.29) is 0 Å². The monoisotopic (exact) mass is 300 g/mol. The summed E-state index contributed by atoms with van der Waals surface area (Å²) in [7, 11) is 2.04.